The van der Waals surface area contributed by atoms with Crippen molar-refractivity contribution in [2.24, 2.45) is 16.3 Å². The summed E-state index contributed by atoms with van der Waals surface area (Å²) in [5, 5.41) is 3.44. The summed E-state index contributed by atoms with van der Waals surface area (Å²) in [4.78, 5) is 18.0. The number of nitrogens with zero attached hydrogens (tertiary/aromatic N) is 2. The van der Waals surface area contributed by atoms with E-state index in [0.29, 0.717) is 37.2 Å². The molecular weight excluding hydrogens is 570 g/mol. The number of aliphatic imine (C=N–C) groups is 1. The van der Waals surface area contributed by atoms with E-state index < -0.39 is 38.7 Å². The van der Waals surface area contributed by atoms with Gasteiger partial charge in [-0.3, -0.25) is 9.79 Å². The van der Waals surface area contributed by atoms with Gasteiger partial charge in [0.25, 0.3) is 0 Å². The van der Waals surface area contributed by atoms with Crippen molar-refractivity contribution in [1.82, 2.24) is 9.62 Å². The molecule has 2 aromatic carbocycles. The van der Waals surface area contributed by atoms with Crippen molar-refractivity contribution >= 4 is 21.6 Å². The topological polar surface area (TPSA) is 78.8 Å². The summed E-state index contributed by atoms with van der Waals surface area (Å²) in [6.07, 6.45) is 1.94. The molecule has 1 heterocycles. The first kappa shape index (κ1) is 29.3. The lowest BCUT2D eigenvalue weighted by Crippen LogP contribution is -2.79. The van der Waals surface area contributed by atoms with E-state index in [2.05, 4.69) is 5.32 Å². The summed E-state index contributed by atoms with van der Waals surface area (Å²) in [5.41, 5.74) is -2.33. The molecule has 1 aliphatic heterocycles. The van der Waals surface area contributed by atoms with Crippen molar-refractivity contribution in [1.29, 1.82) is 0 Å². The number of halogens is 4. The number of ketones is 1. The lowest BCUT2D eigenvalue weighted by atomic mass is 9.38. The lowest BCUT2D eigenvalue weighted by Gasteiger charge is -2.73. The summed E-state index contributed by atoms with van der Waals surface area (Å²) in [6, 6.07) is 8.79. The fourth-order valence-corrected chi connectivity index (χ4v) is 8.87. The largest absolute Gasteiger partial charge is 0.416 e. The van der Waals surface area contributed by atoms with Crippen LogP contribution < -0.4 is 5.32 Å². The maximum absolute atomic E-state index is 13.9. The molecule has 0 radical (unpaired) electrons. The van der Waals surface area contributed by atoms with E-state index in [4.69, 9.17) is 4.99 Å². The number of benzene rings is 2. The average molecular weight is 606 g/mol. The van der Waals surface area contributed by atoms with Crippen LogP contribution in [0.1, 0.15) is 76.3 Å². The number of Topliss-reactive ketones (excluding diaryl/α,β-unsaturated/α-hetero) is 1. The molecule has 1 N–H and O–H groups in total. The molecule has 2 aromatic rings. The molecule has 2 bridgehead atoms. The number of carbonyl (C=O) groups is 1. The average Bonchev–Trinajstić information content (AvgIpc) is 3.15. The molecule has 2 atom stereocenters. The van der Waals surface area contributed by atoms with Crippen molar-refractivity contribution in [2.75, 3.05) is 0 Å². The summed E-state index contributed by atoms with van der Waals surface area (Å²) >= 11 is 0. The highest BCUT2D eigenvalue weighted by Gasteiger charge is 2.75. The van der Waals surface area contributed by atoms with Gasteiger partial charge < -0.3 is 5.32 Å². The number of amidine groups is 1. The molecule has 226 valence electrons. The maximum Gasteiger partial charge on any atom is 0.416 e. The van der Waals surface area contributed by atoms with Gasteiger partial charge in [0.2, 0.25) is 10.0 Å². The normalized spacial score (nSPS) is 30.6. The Hall–Kier alpha value is -2.79. The fourth-order valence-electron chi connectivity index (χ4n) is 7.11. The van der Waals surface area contributed by atoms with E-state index in [-0.39, 0.29) is 28.7 Å². The van der Waals surface area contributed by atoms with E-state index in [9.17, 15) is 30.8 Å². The van der Waals surface area contributed by atoms with E-state index >= 15 is 0 Å². The molecule has 6 nitrogen and oxygen atoms in total. The van der Waals surface area contributed by atoms with Gasteiger partial charge in [-0.05, 0) is 87.4 Å². The Labute approximate surface area is 243 Å². The second kappa shape index (κ2) is 9.87. The molecule has 42 heavy (non-hydrogen) atoms. The van der Waals surface area contributed by atoms with Crippen LogP contribution in [0, 0.1) is 17.2 Å². The van der Waals surface area contributed by atoms with Crippen LogP contribution in [0.4, 0.5) is 17.6 Å². The Bertz CT molecular complexity index is 1500. The lowest BCUT2D eigenvalue weighted by molar-refractivity contribution is -0.151. The maximum atomic E-state index is 13.9. The minimum atomic E-state index is -4.50. The standard InChI is InChI=1S/C31H35F4N3O3S/c1-20-28(2,26(39)15-8-21-4-3-5-21)37-27(36-20)29-17-30(18-29,19-29)38(42(40,41)25-13-11-24(32)12-14-25)16-22-6-9-23(10-7-22)31(33,34)35/h6-7,9-14,20-21H,3-5,8,15-19H2,1-2H3,(H,36,37)/t20?,28-,29?,30?/m1/s1. The molecule has 0 spiro atoms. The fraction of sp³-hybridized carbons (Fsp3) is 0.548. The highest BCUT2D eigenvalue weighted by molar-refractivity contribution is 7.89. The molecule has 7 rings (SSSR count). The van der Waals surface area contributed by atoms with Gasteiger partial charge in [0, 0.05) is 23.9 Å². The van der Waals surface area contributed by atoms with Crippen molar-refractivity contribution in [3.8, 4) is 0 Å². The highest BCUT2D eigenvalue weighted by Crippen LogP contribution is 2.71. The summed E-state index contributed by atoms with van der Waals surface area (Å²) in [6.45, 7) is 3.70. The number of hydrogen-bond donors (Lipinski definition) is 1. The quantitative estimate of drug-likeness (QED) is 0.325. The number of carbonyl (C=O) groups excluding carboxylic acids is 1. The molecule has 0 saturated heterocycles. The van der Waals surface area contributed by atoms with Gasteiger partial charge in [-0.2, -0.15) is 17.5 Å². The number of alkyl halides is 3. The van der Waals surface area contributed by atoms with Crippen molar-refractivity contribution in [3.63, 3.8) is 0 Å². The third-order valence-corrected chi connectivity index (χ3v) is 12.1. The molecular formula is C31H35F4N3O3S. The van der Waals surface area contributed by atoms with Crippen LogP contribution >= 0.6 is 0 Å². The third kappa shape index (κ3) is 4.76. The van der Waals surface area contributed by atoms with Gasteiger partial charge >= 0.3 is 6.18 Å². The van der Waals surface area contributed by atoms with Crippen LogP contribution in [0.3, 0.4) is 0 Å². The molecule has 1 unspecified atom stereocenters. The summed E-state index contributed by atoms with van der Waals surface area (Å²) in [7, 11) is -4.12. The van der Waals surface area contributed by atoms with Crippen molar-refractivity contribution in [2.45, 2.75) is 100.0 Å². The number of hydrogen-bond acceptors (Lipinski definition) is 5. The monoisotopic (exact) mass is 605 g/mol. The zero-order valence-corrected chi connectivity index (χ0v) is 24.5. The van der Waals surface area contributed by atoms with Crippen LogP contribution in [-0.4, -0.2) is 41.5 Å². The molecule has 0 amide bonds. The smallest absolute Gasteiger partial charge is 0.359 e. The van der Waals surface area contributed by atoms with Crippen LogP contribution in [0.2, 0.25) is 0 Å². The first-order chi connectivity index (χ1) is 19.7. The van der Waals surface area contributed by atoms with E-state index in [1.807, 2.05) is 13.8 Å². The first-order valence-corrected chi connectivity index (χ1v) is 16.0. The van der Waals surface area contributed by atoms with E-state index in [1.54, 1.807) is 0 Å². The van der Waals surface area contributed by atoms with Gasteiger partial charge in [0.05, 0.1) is 16.5 Å². The van der Waals surface area contributed by atoms with E-state index in [1.165, 1.54) is 47.8 Å². The van der Waals surface area contributed by atoms with Gasteiger partial charge in [-0.1, -0.05) is 31.4 Å². The zero-order chi connectivity index (χ0) is 30.1. The van der Waals surface area contributed by atoms with Crippen LogP contribution in [-0.2, 0) is 27.5 Å². The van der Waals surface area contributed by atoms with Gasteiger partial charge in [0.1, 0.15) is 17.2 Å². The Morgan fingerprint density at radius 1 is 1.05 bits per heavy atom. The highest BCUT2D eigenvalue weighted by atomic mass is 32.2. The van der Waals surface area contributed by atoms with Gasteiger partial charge in [0.15, 0.2) is 5.78 Å². The van der Waals surface area contributed by atoms with Crippen LogP contribution in [0.5, 0.6) is 0 Å². The Kier molecular flexibility index (Phi) is 6.88. The van der Waals surface area contributed by atoms with E-state index in [0.717, 1.165) is 36.5 Å². The Balaban J connectivity index is 1.21. The molecule has 4 fully saturated rings. The minimum absolute atomic E-state index is 0.0795. The predicted octanol–water partition coefficient (Wildman–Crippen LogP) is 6.26. The van der Waals surface area contributed by atoms with Crippen LogP contribution in [0.15, 0.2) is 58.4 Å². The van der Waals surface area contributed by atoms with Gasteiger partial charge in [-0.25, -0.2) is 12.8 Å². The molecule has 5 aliphatic rings. The predicted molar refractivity (Wildman–Crippen MR) is 150 cm³/mol. The summed E-state index contributed by atoms with van der Waals surface area (Å²) < 4.78 is 82.2. The number of nitrogens with one attached hydrogen (secondary N) is 1. The second-order valence-corrected chi connectivity index (χ2v) is 14.8. The van der Waals surface area contributed by atoms with Crippen LogP contribution in [0.25, 0.3) is 0 Å². The Morgan fingerprint density at radius 3 is 2.21 bits per heavy atom. The molecule has 4 aliphatic carbocycles. The Morgan fingerprint density at radius 2 is 1.67 bits per heavy atom. The van der Waals surface area contributed by atoms with Gasteiger partial charge in [-0.15, -0.1) is 0 Å². The minimum Gasteiger partial charge on any atom is -0.359 e. The van der Waals surface area contributed by atoms with Crippen molar-refractivity contribution in [3.05, 3.63) is 65.5 Å². The molecule has 11 heteroatoms. The molecule has 0 aromatic heterocycles. The summed E-state index contributed by atoms with van der Waals surface area (Å²) in [5.74, 6) is 0.943. The number of sulfonamides is 1. The third-order valence-electron chi connectivity index (χ3n) is 10.2. The molecule has 4 saturated carbocycles. The van der Waals surface area contributed by atoms with Crippen molar-refractivity contribution < 1.29 is 30.8 Å². The zero-order valence-electron chi connectivity index (χ0n) is 23.7. The number of rotatable bonds is 10. The second-order valence-electron chi connectivity index (χ2n) is 12.9. The first-order valence-electron chi connectivity index (χ1n) is 14.5. The SMILES string of the molecule is CC1N=C(C23CC(N(Cc4ccc(C(F)(F)F)cc4)S(=O)(=O)c4ccc(F)cc4)(C2)C3)N[C@@]1(C)C(=O)CCC1CCC1.